The Kier molecular flexibility index (Phi) is 11.4. The van der Waals surface area contributed by atoms with E-state index in [0.29, 0.717) is 15.6 Å². The number of anilines is 1. The van der Waals surface area contributed by atoms with Gasteiger partial charge in [-0.1, -0.05) is 109 Å². The molecule has 0 bridgehead atoms. The SMILES string of the molecule is O=C(NC1CCCCC1)[C@@H](Cc1ccccc1)N(Cc1cccc(Cl)c1)C(=O)CN(c1cccc(Cl)c1)S(=O)(=O)c1ccccc1. The summed E-state index contributed by atoms with van der Waals surface area (Å²) in [6.45, 7) is -0.510. The van der Waals surface area contributed by atoms with Gasteiger partial charge >= 0.3 is 0 Å². The van der Waals surface area contributed by atoms with Crippen LogP contribution in [-0.4, -0.2) is 43.8 Å². The van der Waals surface area contributed by atoms with Crippen molar-refractivity contribution in [1.82, 2.24) is 10.2 Å². The summed E-state index contributed by atoms with van der Waals surface area (Å²) >= 11 is 12.6. The second-order valence-electron chi connectivity index (χ2n) is 11.5. The van der Waals surface area contributed by atoms with Crippen LogP contribution in [0.15, 0.2) is 114 Å². The van der Waals surface area contributed by atoms with Crippen LogP contribution in [0.4, 0.5) is 5.69 Å². The first-order valence-electron chi connectivity index (χ1n) is 15.4. The van der Waals surface area contributed by atoms with E-state index in [0.717, 1.165) is 42.0 Å². The Bertz CT molecular complexity index is 1730. The van der Waals surface area contributed by atoms with E-state index >= 15 is 0 Å². The third-order valence-corrected chi connectivity index (χ3v) is 10.4. The van der Waals surface area contributed by atoms with E-state index < -0.39 is 28.5 Å². The van der Waals surface area contributed by atoms with Crippen molar-refractivity contribution in [2.45, 2.75) is 62.0 Å². The summed E-state index contributed by atoms with van der Waals surface area (Å²) in [7, 11) is -4.20. The number of hydrogen-bond donors (Lipinski definition) is 1. The van der Waals surface area contributed by atoms with Gasteiger partial charge in [0.05, 0.1) is 10.6 Å². The van der Waals surface area contributed by atoms with Crippen molar-refractivity contribution in [3.63, 3.8) is 0 Å². The highest BCUT2D eigenvalue weighted by molar-refractivity contribution is 7.92. The average Bonchev–Trinajstić information content (AvgIpc) is 3.06. The standard InChI is InChI=1S/C36H37Cl2N3O4S/c37-29-15-10-14-28(22-29)25-40(34(23-27-12-4-1-5-13-27)36(43)39-31-17-6-2-7-18-31)35(42)26-41(32-19-11-16-30(38)24-32)46(44,45)33-20-8-3-9-21-33/h1,3-5,8-16,19-22,24,31,34H,2,6-7,17-18,23,25-26H2,(H,39,43)/t34-/m1/s1. The Morgan fingerprint density at radius 3 is 2.02 bits per heavy atom. The van der Waals surface area contributed by atoms with Crippen LogP contribution in [-0.2, 0) is 32.6 Å². The highest BCUT2D eigenvalue weighted by Gasteiger charge is 2.35. The molecule has 10 heteroatoms. The Morgan fingerprint density at radius 1 is 0.761 bits per heavy atom. The topological polar surface area (TPSA) is 86.8 Å². The fourth-order valence-corrected chi connectivity index (χ4v) is 7.63. The number of carbonyl (C=O) groups is 2. The van der Waals surface area contributed by atoms with Crippen LogP contribution >= 0.6 is 23.2 Å². The van der Waals surface area contributed by atoms with Crippen molar-refractivity contribution in [2.75, 3.05) is 10.8 Å². The molecule has 1 aliphatic rings. The molecule has 1 atom stereocenters. The molecule has 0 heterocycles. The molecular formula is C36H37Cl2N3O4S. The summed E-state index contributed by atoms with van der Waals surface area (Å²) in [5.41, 5.74) is 1.82. The van der Waals surface area contributed by atoms with Crippen LogP contribution in [0.3, 0.4) is 0 Å². The normalized spacial score (nSPS) is 14.3. The van der Waals surface area contributed by atoms with Gasteiger partial charge in [0.1, 0.15) is 12.6 Å². The first-order valence-corrected chi connectivity index (χ1v) is 17.6. The van der Waals surface area contributed by atoms with Crippen molar-refractivity contribution < 1.29 is 18.0 Å². The number of benzene rings is 4. The lowest BCUT2D eigenvalue weighted by Crippen LogP contribution is -2.55. The van der Waals surface area contributed by atoms with Gasteiger partial charge in [0, 0.05) is 29.1 Å². The molecule has 4 aromatic rings. The van der Waals surface area contributed by atoms with Gasteiger partial charge in [-0.3, -0.25) is 13.9 Å². The van der Waals surface area contributed by atoms with E-state index in [4.69, 9.17) is 23.2 Å². The molecule has 7 nitrogen and oxygen atoms in total. The number of carbonyl (C=O) groups excluding carboxylic acids is 2. The largest absolute Gasteiger partial charge is 0.352 e. The maximum absolute atomic E-state index is 14.6. The van der Waals surface area contributed by atoms with Crippen molar-refractivity contribution in [3.8, 4) is 0 Å². The minimum absolute atomic E-state index is 0.0177. The number of sulfonamides is 1. The molecule has 0 aromatic heterocycles. The fraction of sp³-hybridized carbons (Fsp3) is 0.278. The minimum atomic E-state index is -4.20. The van der Waals surface area contributed by atoms with Gasteiger partial charge in [0.25, 0.3) is 10.0 Å². The Hall–Kier alpha value is -3.85. The molecule has 5 rings (SSSR count). The molecule has 240 valence electrons. The van der Waals surface area contributed by atoms with Gasteiger partial charge in [-0.2, -0.15) is 0 Å². The Balaban J connectivity index is 1.56. The first kappa shape index (κ1) is 33.5. The summed E-state index contributed by atoms with van der Waals surface area (Å²) in [5, 5.41) is 4.02. The minimum Gasteiger partial charge on any atom is -0.352 e. The van der Waals surface area contributed by atoms with Gasteiger partial charge in [-0.05, 0) is 66.4 Å². The summed E-state index contributed by atoms with van der Waals surface area (Å²) in [5.74, 6) is -0.814. The van der Waals surface area contributed by atoms with Crippen molar-refractivity contribution in [1.29, 1.82) is 0 Å². The fourth-order valence-electron chi connectivity index (χ4n) is 5.81. The predicted octanol–water partition coefficient (Wildman–Crippen LogP) is 7.28. The number of nitrogens with zero attached hydrogens (tertiary/aromatic N) is 2. The second-order valence-corrected chi connectivity index (χ2v) is 14.2. The van der Waals surface area contributed by atoms with E-state index in [2.05, 4.69) is 5.32 Å². The summed E-state index contributed by atoms with van der Waals surface area (Å²) in [4.78, 5) is 30.2. The molecule has 1 aliphatic carbocycles. The lowest BCUT2D eigenvalue weighted by molar-refractivity contribution is -0.140. The summed E-state index contributed by atoms with van der Waals surface area (Å²) in [6.07, 6.45) is 5.20. The highest BCUT2D eigenvalue weighted by atomic mass is 35.5. The number of halogens is 2. The molecule has 4 aromatic carbocycles. The maximum Gasteiger partial charge on any atom is 0.264 e. The van der Waals surface area contributed by atoms with Gasteiger partial charge in [0.15, 0.2) is 0 Å². The lowest BCUT2D eigenvalue weighted by atomic mass is 9.94. The molecule has 2 amide bonds. The van der Waals surface area contributed by atoms with Crippen LogP contribution < -0.4 is 9.62 Å². The number of rotatable bonds is 12. The smallest absolute Gasteiger partial charge is 0.264 e. The molecule has 46 heavy (non-hydrogen) atoms. The number of hydrogen-bond acceptors (Lipinski definition) is 4. The molecule has 0 unspecified atom stereocenters. The molecule has 0 aliphatic heterocycles. The van der Waals surface area contributed by atoms with E-state index in [1.807, 2.05) is 36.4 Å². The van der Waals surface area contributed by atoms with Crippen LogP contribution in [0.1, 0.15) is 43.2 Å². The van der Waals surface area contributed by atoms with E-state index in [9.17, 15) is 18.0 Å². The first-order chi connectivity index (χ1) is 22.2. The quantitative estimate of drug-likeness (QED) is 0.171. The predicted molar refractivity (Wildman–Crippen MR) is 183 cm³/mol. The summed E-state index contributed by atoms with van der Waals surface area (Å²) < 4.78 is 29.2. The Labute approximate surface area is 281 Å². The molecule has 0 radical (unpaired) electrons. The Morgan fingerprint density at radius 2 is 1.37 bits per heavy atom. The van der Waals surface area contributed by atoms with Crippen molar-refractivity contribution in [3.05, 3.63) is 130 Å². The van der Waals surface area contributed by atoms with Crippen molar-refractivity contribution in [2.24, 2.45) is 0 Å². The zero-order chi connectivity index (χ0) is 32.5. The molecule has 0 saturated heterocycles. The summed E-state index contributed by atoms with van der Waals surface area (Å²) in [6, 6.07) is 30.0. The number of nitrogens with one attached hydrogen (secondary N) is 1. The van der Waals surface area contributed by atoms with E-state index in [1.165, 1.54) is 23.1 Å². The third-order valence-electron chi connectivity index (χ3n) is 8.17. The monoisotopic (exact) mass is 677 g/mol. The second kappa shape index (κ2) is 15.6. The van der Waals surface area contributed by atoms with Gasteiger partial charge in [-0.15, -0.1) is 0 Å². The molecule has 1 N–H and O–H groups in total. The lowest BCUT2D eigenvalue weighted by Gasteiger charge is -2.35. The van der Waals surface area contributed by atoms with Gasteiger partial charge in [0.2, 0.25) is 11.8 Å². The van der Waals surface area contributed by atoms with Crippen LogP contribution in [0.2, 0.25) is 10.0 Å². The zero-order valence-electron chi connectivity index (χ0n) is 25.4. The van der Waals surface area contributed by atoms with E-state index in [-0.39, 0.29) is 35.5 Å². The zero-order valence-corrected chi connectivity index (χ0v) is 27.7. The average molecular weight is 679 g/mol. The van der Waals surface area contributed by atoms with Crippen LogP contribution in [0.25, 0.3) is 0 Å². The molecular weight excluding hydrogens is 641 g/mol. The van der Waals surface area contributed by atoms with Crippen molar-refractivity contribution >= 4 is 50.7 Å². The molecule has 0 spiro atoms. The molecule has 1 saturated carbocycles. The molecule has 1 fully saturated rings. The van der Waals surface area contributed by atoms with Crippen LogP contribution in [0.5, 0.6) is 0 Å². The van der Waals surface area contributed by atoms with Gasteiger partial charge < -0.3 is 10.2 Å². The third kappa shape index (κ3) is 8.69. The highest BCUT2D eigenvalue weighted by Crippen LogP contribution is 2.27. The van der Waals surface area contributed by atoms with Gasteiger partial charge in [-0.25, -0.2) is 8.42 Å². The van der Waals surface area contributed by atoms with Crippen LogP contribution in [0, 0.1) is 0 Å². The number of amides is 2. The maximum atomic E-state index is 14.6. The van der Waals surface area contributed by atoms with E-state index in [1.54, 1.807) is 54.6 Å².